The molecule has 1 aromatic heterocycles. The minimum Gasteiger partial charge on any atom is -0.481 e. The number of methoxy groups -OCH3 is 1. The average molecular weight is 256 g/mol. The minimum absolute atomic E-state index is 0.321. The highest BCUT2D eigenvalue weighted by molar-refractivity contribution is 5.25. The van der Waals surface area contributed by atoms with E-state index in [2.05, 4.69) is 48.4 Å². The largest absolute Gasteiger partial charge is 0.481 e. The number of rotatable bonds is 5. The molecule has 0 saturated heterocycles. The number of nitrogens with one attached hydrogen (secondary N) is 1. The summed E-state index contributed by atoms with van der Waals surface area (Å²) in [5, 5.41) is 3.50. The van der Waals surface area contributed by atoms with E-state index in [9.17, 15) is 0 Å². The summed E-state index contributed by atoms with van der Waals surface area (Å²) in [5.74, 6) is 0.649. The smallest absolute Gasteiger partial charge is 0.212 e. The number of ether oxygens (including phenoxy) is 1. The molecular weight excluding hydrogens is 236 g/mol. The number of aryl methyl sites for hydroxylation is 1. The van der Waals surface area contributed by atoms with Gasteiger partial charge in [-0.2, -0.15) is 0 Å². The average Bonchev–Trinajstić information content (AvgIpc) is 2.45. The molecule has 0 aliphatic heterocycles. The van der Waals surface area contributed by atoms with Crippen LogP contribution in [0.1, 0.15) is 29.7 Å². The monoisotopic (exact) mass is 256 g/mol. The van der Waals surface area contributed by atoms with Crippen LogP contribution in [0.2, 0.25) is 0 Å². The summed E-state index contributed by atoms with van der Waals surface area (Å²) in [6.07, 6.45) is 1.84. The van der Waals surface area contributed by atoms with E-state index in [1.807, 2.05) is 18.3 Å². The number of benzene rings is 1. The highest BCUT2D eigenvalue weighted by Crippen LogP contribution is 2.15. The van der Waals surface area contributed by atoms with Gasteiger partial charge in [0.25, 0.3) is 0 Å². The van der Waals surface area contributed by atoms with Gasteiger partial charge in [-0.05, 0) is 25.0 Å². The van der Waals surface area contributed by atoms with Crippen molar-refractivity contribution in [3.63, 3.8) is 0 Å². The molecule has 0 saturated carbocycles. The van der Waals surface area contributed by atoms with E-state index >= 15 is 0 Å². The SMILES string of the molecule is COc1ccc(CNC(C)c2cccc(C)c2)cn1. The third kappa shape index (κ3) is 3.80. The number of hydrogen-bond acceptors (Lipinski definition) is 3. The second-order valence-electron chi connectivity index (χ2n) is 4.73. The second-order valence-corrected chi connectivity index (χ2v) is 4.73. The molecule has 1 N–H and O–H groups in total. The zero-order valence-electron chi connectivity index (χ0n) is 11.7. The molecule has 2 aromatic rings. The fraction of sp³-hybridized carbons (Fsp3) is 0.312. The summed E-state index contributed by atoms with van der Waals surface area (Å²) in [5.41, 5.74) is 3.75. The predicted molar refractivity (Wildman–Crippen MR) is 77.2 cm³/mol. The van der Waals surface area contributed by atoms with Crippen LogP contribution in [0.3, 0.4) is 0 Å². The maximum absolute atomic E-state index is 5.05. The first-order chi connectivity index (χ1) is 9.19. The maximum atomic E-state index is 5.05. The van der Waals surface area contributed by atoms with Gasteiger partial charge < -0.3 is 10.1 Å². The van der Waals surface area contributed by atoms with Gasteiger partial charge in [-0.3, -0.25) is 0 Å². The molecule has 1 heterocycles. The Kier molecular flexibility index (Phi) is 4.53. The molecule has 2 rings (SSSR count). The summed E-state index contributed by atoms with van der Waals surface area (Å²) >= 11 is 0. The molecule has 0 bridgehead atoms. The molecule has 1 aromatic carbocycles. The summed E-state index contributed by atoms with van der Waals surface area (Å²) in [4.78, 5) is 4.20. The van der Waals surface area contributed by atoms with E-state index < -0.39 is 0 Å². The van der Waals surface area contributed by atoms with Crippen LogP contribution in [0.5, 0.6) is 5.88 Å². The van der Waals surface area contributed by atoms with Crippen molar-refractivity contribution in [2.75, 3.05) is 7.11 Å². The van der Waals surface area contributed by atoms with Gasteiger partial charge in [0, 0.05) is 24.8 Å². The lowest BCUT2D eigenvalue weighted by molar-refractivity contribution is 0.397. The predicted octanol–water partition coefficient (Wildman–Crippen LogP) is 3.25. The molecular formula is C16H20N2O. The Labute approximate surface area is 114 Å². The van der Waals surface area contributed by atoms with Crippen molar-refractivity contribution in [1.29, 1.82) is 0 Å². The first-order valence-electron chi connectivity index (χ1n) is 6.48. The van der Waals surface area contributed by atoms with E-state index in [0.717, 1.165) is 12.1 Å². The first-order valence-corrected chi connectivity index (χ1v) is 6.48. The molecule has 0 aliphatic rings. The van der Waals surface area contributed by atoms with Gasteiger partial charge in [-0.1, -0.05) is 35.9 Å². The van der Waals surface area contributed by atoms with E-state index in [1.165, 1.54) is 11.1 Å². The van der Waals surface area contributed by atoms with Crippen LogP contribution in [0, 0.1) is 6.92 Å². The van der Waals surface area contributed by atoms with Gasteiger partial charge in [0.1, 0.15) is 0 Å². The Bertz CT molecular complexity index is 523. The minimum atomic E-state index is 0.321. The van der Waals surface area contributed by atoms with Crippen LogP contribution in [0.15, 0.2) is 42.6 Å². The van der Waals surface area contributed by atoms with Crippen LogP contribution in [-0.4, -0.2) is 12.1 Å². The number of pyridine rings is 1. The fourth-order valence-electron chi connectivity index (χ4n) is 1.96. The third-order valence-electron chi connectivity index (χ3n) is 3.16. The molecule has 3 nitrogen and oxygen atoms in total. The number of aromatic nitrogens is 1. The van der Waals surface area contributed by atoms with Crippen molar-refractivity contribution in [1.82, 2.24) is 10.3 Å². The molecule has 3 heteroatoms. The topological polar surface area (TPSA) is 34.1 Å². The Morgan fingerprint density at radius 1 is 1.26 bits per heavy atom. The lowest BCUT2D eigenvalue weighted by atomic mass is 10.1. The van der Waals surface area contributed by atoms with Gasteiger partial charge in [-0.25, -0.2) is 4.98 Å². The highest BCUT2D eigenvalue weighted by atomic mass is 16.5. The quantitative estimate of drug-likeness (QED) is 0.891. The van der Waals surface area contributed by atoms with Crippen molar-refractivity contribution in [3.05, 3.63) is 59.3 Å². The van der Waals surface area contributed by atoms with Crippen LogP contribution in [0.4, 0.5) is 0 Å². The first kappa shape index (κ1) is 13.6. The van der Waals surface area contributed by atoms with Crippen molar-refractivity contribution in [2.45, 2.75) is 26.4 Å². The number of hydrogen-bond donors (Lipinski definition) is 1. The number of nitrogens with zero attached hydrogens (tertiary/aromatic N) is 1. The molecule has 100 valence electrons. The van der Waals surface area contributed by atoms with E-state index in [-0.39, 0.29) is 0 Å². The molecule has 19 heavy (non-hydrogen) atoms. The Balaban J connectivity index is 1.94. The van der Waals surface area contributed by atoms with Crippen molar-refractivity contribution < 1.29 is 4.74 Å². The molecule has 0 fully saturated rings. The van der Waals surface area contributed by atoms with Gasteiger partial charge in [-0.15, -0.1) is 0 Å². The Morgan fingerprint density at radius 2 is 2.11 bits per heavy atom. The zero-order valence-corrected chi connectivity index (χ0v) is 11.7. The van der Waals surface area contributed by atoms with E-state index in [0.29, 0.717) is 11.9 Å². The Morgan fingerprint density at radius 3 is 2.74 bits per heavy atom. The normalized spacial score (nSPS) is 12.2. The van der Waals surface area contributed by atoms with Gasteiger partial charge in [0.2, 0.25) is 5.88 Å². The van der Waals surface area contributed by atoms with E-state index in [1.54, 1.807) is 7.11 Å². The molecule has 1 atom stereocenters. The zero-order chi connectivity index (χ0) is 13.7. The van der Waals surface area contributed by atoms with Crippen molar-refractivity contribution in [2.24, 2.45) is 0 Å². The fourth-order valence-corrected chi connectivity index (χ4v) is 1.96. The molecule has 1 unspecified atom stereocenters. The second kappa shape index (κ2) is 6.34. The van der Waals surface area contributed by atoms with Gasteiger partial charge in [0.05, 0.1) is 7.11 Å². The molecule has 0 aliphatic carbocycles. The van der Waals surface area contributed by atoms with Crippen molar-refractivity contribution >= 4 is 0 Å². The van der Waals surface area contributed by atoms with Crippen LogP contribution >= 0.6 is 0 Å². The van der Waals surface area contributed by atoms with Gasteiger partial charge in [0.15, 0.2) is 0 Å². The summed E-state index contributed by atoms with van der Waals surface area (Å²) < 4.78 is 5.05. The van der Waals surface area contributed by atoms with Crippen molar-refractivity contribution in [3.8, 4) is 5.88 Å². The lowest BCUT2D eigenvalue weighted by Gasteiger charge is -2.15. The summed E-state index contributed by atoms with van der Waals surface area (Å²) in [7, 11) is 1.63. The molecule has 0 amide bonds. The van der Waals surface area contributed by atoms with E-state index in [4.69, 9.17) is 4.74 Å². The van der Waals surface area contributed by atoms with Crippen LogP contribution < -0.4 is 10.1 Å². The standard InChI is InChI=1S/C16H20N2O/c1-12-5-4-6-15(9-12)13(2)17-10-14-7-8-16(19-3)18-11-14/h4-9,11,13,17H,10H2,1-3H3. The molecule has 0 spiro atoms. The molecule has 0 radical (unpaired) electrons. The summed E-state index contributed by atoms with van der Waals surface area (Å²) in [6.45, 7) is 5.08. The third-order valence-corrected chi connectivity index (χ3v) is 3.16. The summed E-state index contributed by atoms with van der Waals surface area (Å²) in [6, 6.07) is 12.8. The lowest BCUT2D eigenvalue weighted by Crippen LogP contribution is -2.18. The maximum Gasteiger partial charge on any atom is 0.212 e. The highest BCUT2D eigenvalue weighted by Gasteiger charge is 2.05. The Hall–Kier alpha value is -1.87. The van der Waals surface area contributed by atoms with Gasteiger partial charge >= 0.3 is 0 Å². The van der Waals surface area contributed by atoms with Crippen LogP contribution in [0.25, 0.3) is 0 Å². The van der Waals surface area contributed by atoms with Crippen LogP contribution in [-0.2, 0) is 6.54 Å².